The van der Waals surface area contributed by atoms with E-state index in [-0.39, 0.29) is 42.3 Å². The highest BCUT2D eigenvalue weighted by atomic mass is 127. The van der Waals surface area contributed by atoms with Crippen LogP contribution in [0.2, 0.25) is 0 Å². The van der Waals surface area contributed by atoms with Crippen LogP contribution in [0, 0.1) is 17.1 Å². The molecule has 1 aromatic rings. The van der Waals surface area contributed by atoms with Gasteiger partial charge in [0.05, 0.1) is 18.2 Å². The van der Waals surface area contributed by atoms with Gasteiger partial charge in [0.1, 0.15) is 5.82 Å². The minimum Gasteiger partial charge on any atom is -0.370 e. The van der Waals surface area contributed by atoms with Crippen LogP contribution in [0.15, 0.2) is 23.2 Å². The number of hydrogen-bond donors (Lipinski definition) is 2. The van der Waals surface area contributed by atoms with Crippen molar-refractivity contribution in [2.24, 2.45) is 10.7 Å². The van der Waals surface area contributed by atoms with Crippen molar-refractivity contribution in [1.29, 1.82) is 5.26 Å². The van der Waals surface area contributed by atoms with Gasteiger partial charge in [0.15, 0.2) is 5.96 Å². The summed E-state index contributed by atoms with van der Waals surface area (Å²) in [6.45, 7) is 2.87. The Morgan fingerprint density at radius 1 is 1.56 bits per heavy atom. The number of aliphatic imine (C=N–C) groups is 1. The Labute approximate surface area is 123 Å². The molecule has 0 bridgehead atoms. The molecule has 0 aromatic heterocycles. The van der Waals surface area contributed by atoms with E-state index in [2.05, 4.69) is 10.3 Å². The molecule has 0 heterocycles. The van der Waals surface area contributed by atoms with Gasteiger partial charge in [-0.25, -0.2) is 9.38 Å². The van der Waals surface area contributed by atoms with Gasteiger partial charge in [-0.15, -0.1) is 24.0 Å². The van der Waals surface area contributed by atoms with Crippen LogP contribution < -0.4 is 11.1 Å². The van der Waals surface area contributed by atoms with Crippen LogP contribution in [-0.4, -0.2) is 12.5 Å². The van der Waals surface area contributed by atoms with E-state index >= 15 is 0 Å². The Hall–Kier alpha value is -1.36. The standard InChI is InChI=1S/C12H15FN4.HI/c1-2-5-16-12(15)17-8-10-6-9(7-14)3-4-11(10)13;/h3-4,6H,2,5,8H2,1H3,(H3,15,16,17);1H. The number of nitrogens with one attached hydrogen (secondary N) is 1. The zero-order chi connectivity index (χ0) is 12.7. The average Bonchev–Trinajstić information content (AvgIpc) is 2.35. The van der Waals surface area contributed by atoms with Crippen molar-refractivity contribution in [2.45, 2.75) is 19.9 Å². The third kappa shape index (κ3) is 5.31. The van der Waals surface area contributed by atoms with Gasteiger partial charge in [-0.3, -0.25) is 0 Å². The van der Waals surface area contributed by atoms with Gasteiger partial charge in [-0.1, -0.05) is 6.92 Å². The molecule has 1 aromatic carbocycles. The van der Waals surface area contributed by atoms with E-state index in [0.717, 1.165) is 13.0 Å². The molecule has 0 unspecified atom stereocenters. The first kappa shape index (κ1) is 16.6. The molecule has 0 amide bonds. The molecule has 0 radical (unpaired) electrons. The Morgan fingerprint density at radius 2 is 2.28 bits per heavy atom. The SMILES string of the molecule is CCCNC(N)=NCc1cc(C#N)ccc1F.I. The second-order valence-corrected chi connectivity index (χ2v) is 3.55. The zero-order valence-electron chi connectivity index (χ0n) is 10.1. The normalized spacial score (nSPS) is 10.4. The molecule has 1 rings (SSSR count). The first-order valence-corrected chi connectivity index (χ1v) is 5.39. The topological polar surface area (TPSA) is 74.2 Å². The predicted octanol–water partition coefficient (Wildman–Crippen LogP) is 2.13. The largest absolute Gasteiger partial charge is 0.370 e. The highest BCUT2D eigenvalue weighted by Gasteiger charge is 2.03. The summed E-state index contributed by atoms with van der Waals surface area (Å²) in [5.74, 6) is -0.0929. The summed E-state index contributed by atoms with van der Waals surface area (Å²) >= 11 is 0. The molecule has 18 heavy (non-hydrogen) atoms. The minimum atomic E-state index is -0.379. The lowest BCUT2D eigenvalue weighted by Crippen LogP contribution is -2.32. The fraction of sp³-hybridized carbons (Fsp3) is 0.333. The second-order valence-electron chi connectivity index (χ2n) is 3.55. The number of nitrogens with zero attached hydrogens (tertiary/aromatic N) is 2. The van der Waals surface area contributed by atoms with Crippen LogP contribution in [0.3, 0.4) is 0 Å². The van der Waals surface area contributed by atoms with Crippen molar-refractivity contribution in [3.63, 3.8) is 0 Å². The van der Waals surface area contributed by atoms with Crippen molar-refractivity contribution in [1.82, 2.24) is 5.32 Å². The molecule has 0 saturated carbocycles. The third-order valence-electron chi connectivity index (χ3n) is 2.15. The van der Waals surface area contributed by atoms with Gasteiger partial charge >= 0.3 is 0 Å². The van der Waals surface area contributed by atoms with Crippen molar-refractivity contribution in [3.8, 4) is 6.07 Å². The van der Waals surface area contributed by atoms with Gasteiger partial charge in [-0.05, 0) is 24.6 Å². The maximum absolute atomic E-state index is 13.4. The number of guanidine groups is 1. The predicted molar refractivity (Wildman–Crippen MR) is 80.2 cm³/mol. The molecular weight excluding hydrogens is 346 g/mol. The molecule has 3 N–H and O–H groups in total. The van der Waals surface area contributed by atoms with Gasteiger partial charge in [0.25, 0.3) is 0 Å². The molecule has 4 nitrogen and oxygen atoms in total. The van der Waals surface area contributed by atoms with Crippen LogP contribution >= 0.6 is 24.0 Å². The zero-order valence-corrected chi connectivity index (χ0v) is 12.4. The van der Waals surface area contributed by atoms with Crippen LogP contribution in [0.25, 0.3) is 0 Å². The summed E-state index contributed by atoms with van der Waals surface area (Å²) in [6.07, 6.45) is 0.939. The molecule has 0 saturated heterocycles. The third-order valence-corrected chi connectivity index (χ3v) is 2.15. The second kappa shape index (κ2) is 8.69. The number of nitriles is 1. The number of halogens is 2. The fourth-order valence-corrected chi connectivity index (χ4v) is 1.24. The van der Waals surface area contributed by atoms with E-state index in [9.17, 15) is 4.39 Å². The summed E-state index contributed by atoms with van der Waals surface area (Å²) in [6, 6.07) is 6.13. The van der Waals surface area contributed by atoms with E-state index in [4.69, 9.17) is 11.0 Å². The Kier molecular flexibility index (Phi) is 8.03. The number of hydrogen-bond acceptors (Lipinski definition) is 2. The molecule has 98 valence electrons. The number of nitrogens with two attached hydrogens (primary N) is 1. The monoisotopic (exact) mass is 362 g/mol. The Balaban J connectivity index is 0.00000289. The molecular formula is C12H16FIN4. The Morgan fingerprint density at radius 3 is 2.89 bits per heavy atom. The molecule has 0 aliphatic rings. The molecule has 0 atom stereocenters. The van der Waals surface area contributed by atoms with Gasteiger partial charge in [-0.2, -0.15) is 5.26 Å². The summed E-state index contributed by atoms with van der Waals surface area (Å²) in [7, 11) is 0. The quantitative estimate of drug-likeness (QED) is 0.490. The lowest BCUT2D eigenvalue weighted by molar-refractivity contribution is 0.610. The highest BCUT2D eigenvalue weighted by Crippen LogP contribution is 2.11. The first-order chi connectivity index (χ1) is 8.17. The van der Waals surface area contributed by atoms with Gasteiger partial charge in [0, 0.05) is 12.1 Å². The van der Waals surface area contributed by atoms with Crippen LogP contribution in [0.1, 0.15) is 24.5 Å². The lowest BCUT2D eigenvalue weighted by Gasteiger charge is -2.04. The van der Waals surface area contributed by atoms with E-state index in [1.54, 1.807) is 0 Å². The van der Waals surface area contributed by atoms with Gasteiger partial charge < -0.3 is 11.1 Å². The van der Waals surface area contributed by atoms with Crippen molar-refractivity contribution >= 4 is 29.9 Å². The van der Waals surface area contributed by atoms with Crippen molar-refractivity contribution in [3.05, 3.63) is 35.1 Å². The van der Waals surface area contributed by atoms with Crippen LogP contribution in [0.5, 0.6) is 0 Å². The van der Waals surface area contributed by atoms with Crippen LogP contribution in [-0.2, 0) is 6.54 Å². The van der Waals surface area contributed by atoms with E-state index in [1.165, 1.54) is 18.2 Å². The summed E-state index contributed by atoms with van der Waals surface area (Å²) < 4.78 is 13.4. The van der Waals surface area contributed by atoms with Crippen molar-refractivity contribution in [2.75, 3.05) is 6.54 Å². The fourth-order valence-electron chi connectivity index (χ4n) is 1.24. The van der Waals surface area contributed by atoms with Gasteiger partial charge in [0.2, 0.25) is 0 Å². The number of rotatable bonds is 4. The molecule has 6 heteroatoms. The smallest absolute Gasteiger partial charge is 0.188 e. The highest BCUT2D eigenvalue weighted by molar-refractivity contribution is 14.0. The van der Waals surface area contributed by atoms with Crippen LogP contribution in [0.4, 0.5) is 4.39 Å². The maximum atomic E-state index is 13.4. The first-order valence-electron chi connectivity index (χ1n) is 5.39. The summed E-state index contributed by atoms with van der Waals surface area (Å²) in [5, 5.41) is 11.6. The average molecular weight is 362 g/mol. The molecule has 0 spiro atoms. The van der Waals surface area contributed by atoms with Crippen molar-refractivity contribution < 1.29 is 4.39 Å². The van der Waals surface area contributed by atoms with E-state index in [0.29, 0.717) is 11.1 Å². The minimum absolute atomic E-state index is 0. The van der Waals surface area contributed by atoms with E-state index < -0.39 is 0 Å². The maximum Gasteiger partial charge on any atom is 0.188 e. The number of benzene rings is 1. The molecule has 0 aliphatic carbocycles. The lowest BCUT2D eigenvalue weighted by atomic mass is 10.1. The summed E-state index contributed by atoms with van der Waals surface area (Å²) in [5.41, 5.74) is 6.36. The molecule has 0 aliphatic heterocycles. The van der Waals surface area contributed by atoms with E-state index in [1.807, 2.05) is 13.0 Å². The molecule has 0 fully saturated rings. The summed E-state index contributed by atoms with van der Waals surface area (Å²) in [4.78, 5) is 4.00. The Bertz CT molecular complexity index is 454.